The summed E-state index contributed by atoms with van der Waals surface area (Å²) in [6.45, 7) is 5.37. The molecule has 0 aromatic carbocycles. The highest BCUT2D eigenvalue weighted by Gasteiger charge is 2.34. The summed E-state index contributed by atoms with van der Waals surface area (Å²) in [5.74, 6) is 0. The molecule has 3 fully saturated rings. The molecule has 0 bridgehead atoms. The minimum absolute atomic E-state index is 0.732. The van der Waals surface area contributed by atoms with Crippen LogP contribution in [0.25, 0.3) is 0 Å². The van der Waals surface area contributed by atoms with Gasteiger partial charge in [-0.25, -0.2) is 0 Å². The van der Waals surface area contributed by atoms with Crippen LogP contribution in [0.15, 0.2) is 0 Å². The molecule has 1 saturated carbocycles. The summed E-state index contributed by atoms with van der Waals surface area (Å²) >= 11 is 0. The predicted octanol–water partition coefficient (Wildman–Crippen LogP) is 2.08. The van der Waals surface area contributed by atoms with Gasteiger partial charge in [-0.05, 0) is 58.8 Å². The van der Waals surface area contributed by atoms with E-state index in [0.717, 1.165) is 18.1 Å². The van der Waals surface area contributed by atoms with Crippen molar-refractivity contribution in [3.63, 3.8) is 0 Å². The second-order valence-electron chi connectivity index (χ2n) is 6.78. The standard InChI is InChI=1S/C16H31N3/c1-17-15-8-3-2-4-9-16(15)19-12-6-11-18-10-5-7-14(18)13-19/h14-17H,2-13H2,1H3. The van der Waals surface area contributed by atoms with Gasteiger partial charge in [0.15, 0.2) is 0 Å². The highest BCUT2D eigenvalue weighted by Crippen LogP contribution is 2.27. The van der Waals surface area contributed by atoms with Crippen LogP contribution in [0.4, 0.5) is 0 Å². The number of hydrogen-bond acceptors (Lipinski definition) is 3. The Morgan fingerprint density at radius 2 is 1.58 bits per heavy atom. The van der Waals surface area contributed by atoms with E-state index in [1.807, 2.05) is 0 Å². The lowest BCUT2D eigenvalue weighted by molar-refractivity contribution is 0.137. The number of fused-ring (bicyclic) bond motifs is 1. The first kappa shape index (κ1) is 13.8. The lowest BCUT2D eigenvalue weighted by atomic mass is 10.0. The van der Waals surface area contributed by atoms with E-state index in [-0.39, 0.29) is 0 Å². The van der Waals surface area contributed by atoms with Crippen molar-refractivity contribution in [2.45, 2.75) is 69.5 Å². The highest BCUT2D eigenvalue weighted by atomic mass is 15.3. The second kappa shape index (κ2) is 6.55. The van der Waals surface area contributed by atoms with Gasteiger partial charge in [-0.2, -0.15) is 0 Å². The first-order valence-corrected chi connectivity index (χ1v) is 8.54. The fourth-order valence-corrected chi connectivity index (χ4v) is 4.60. The number of likely N-dealkylation sites (N-methyl/N-ethyl adjacent to an activating group) is 1. The summed E-state index contributed by atoms with van der Waals surface area (Å²) in [7, 11) is 2.17. The molecular weight excluding hydrogens is 234 g/mol. The van der Waals surface area contributed by atoms with Crippen molar-refractivity contribution < 1.29 is 0 Å². The van der Waals surface area contributed by atoms with E-state index in [2.05, 4.69) is 22.2 Å². The maximum atomic E-state index is 3.62. The Kier molecular flexibility index (Phi) is 4.78. The van der Waals surface area contributed by atoms with E-state index in [4.69, 9.17) is 0 Å². The van der Waals surface area contributed by atoms with E-state index >= 15 is 0 Å². The third kappa shape index (κ3) is 3.14. The third-order valence-corrected chi connectivity index (χ3v) is 5.65. The Labute approximate surface area is 118 Å². The fourth-order valence-electron chi connectivity index (χ4n) is 4.60. The predicted molar refractivity (Wildman–Crippen MR) is 80.5 cm³/mol. The number of hydrogen-bond donors (Lipinski definition) is 1. The van der Waals surface area contributed by atoms with Crippen LogP contribution in [0.3, 0.4) is 0 Å². The number of nitrogens with one attached hydrogen (secondary N) is 1. The monoisotopic (exact) mass is 265 g/mol. The van der Waals surface area contributed by atoms with Gasteiger partial charge in [0.2, 0.25) is 0 Å². The van der Waals surface area contributed by atoms with E-state index < -0.39 is 0 Å². The van der Waals surface area contributed by atoms with Gasteiger partial charge in [-0.15, -0.1) is 0 Å². The van der Waals surface area contributed by atoms with Gasteiger partial charge < -0.3 is 5.32 Å². The van der Waals surface area contributed by atoms with Crippen molar-refractivity contribution >= 4 is 0 Å². The molecule has 2 heterocycles. The van der Waals surface area contributed by atoms with Gasteiger partial charge >= 0.3 is 0 Å². The Hall–Kier alpha value is -0.120. The van der Waals surface area contributed by atoms with Gasteiger partial charge in [-0.1, -0.05) is 19.3 Å². The molecule has 3 rings (SSSR count). The molecule has 110 valence electrons. The van der Waals surface area contributed by atoms with Crippen LogP contribution in [0, 0.1) is 0 Å². The zero-order valence-electron chi connectivity index (χ0n) is 12.6. The molecule has 3 aliphatic rings. The molecule has 3 heteroatoms. The van der Waals surface area contributed by atoms with Crippen molar-refractivity contribution in [2.24, 2.45) is 0 Å². The molecule has 3 unspecified atom stereocenters. The lowest BCUT2D eigenvalue weighted by Crippen LogP contribution is -2.51. The zero-order valence-corrected chi connectivity index (χ0v) is 12.6. The SMILES string of the molecule is CNC1CCCCCC1N1CCCN2CCCC2C1. The first-order chi connectivity index (χ1) is 9.38. The summed E-state index contributed by atoms with van der Waals surface area (Å²) in [6, 6.07) is 2.40. The molecule has 3 atom stereocenters. The molecule has 0 radical (unpaired) electrons. The summed E-state index contributed by atoms with van der Waals surface area (Å²) in [6.07, 6.45) is 11.3. The molecule has 0 aromatic rings. The number of rotatable bonds is 2. The molecule has 0 spiro atoms. The lowest BCUT2D eigenvalue weighted by Gasteiger charge is -2.37. The highest BCUT2D eigenvalue weighted by molar-refractivity contribution is 4.92. The van der Waals surface area contributed by atoms with Crippen LogP contribution >= 0.6 is 0 Å². The second-order valence-corrected chi connectivity index (χ2v) is 6.78. The van der Waals surface area contributed by atoms with Gasteiger partial charge in [0.05, 0.1) is 0 Å². The molecule has 0 amide bonds. The average molecular weight is 265 g/mol. The minimum atomic E-state index is 0.732. The quantitative estimate of drug-likeness (QED) is 0.771. The molecule has 3 nitrogen and oxygen atoms in total. The van der Waals surface area contributed by atoms with Crippen molar-refractivity contribution in [3.05, 3.63) is 0 Å². The van der Waals surface area contributed by atoms with Crippen LogP contribution in [0.2, 0.25) is 0 Å². The molecule has 1 N–H and O–H groups in total. The van der Waals surface area contributed by atoms with Crippen LogP contribution in [-0.4, -0.2) is 61.2 Å². The summed E-state index contributed by atoms with van der Waals surface area (Å²) in [5, 5.41) is 3.62. The summed E-state index contributed by atoms with van der Waals surface area (Å²) in [4.78, 5) is 5.60. The van der Waals surface area contributed by atoms with Crippen molar-refractivity contribution in [1.29, 1.82) is 0 Å². The van der Waals surface area contributed by atoms with Gasteiger partial charge in [-0.3, -0.25) is 9.80 Å². The van der Waals surface area contributed by atoms with Crippen LogP contribution in [-0.2, 0) is 0 Å². The fraction of sp³-hybridized carbons (Fsp3) is 1.00. The largest absolute Gasteiger partial charge is 0.315 e. The van der Waals surface area contributed by atoms with E-state index in [1.165, 1.54) is 77.5 Å². The Morgan fingerprint density at radius 1 is 0.789 bits per heavy atom. The van der Waals surface area contributed by atoms with Gasteiger partial charge in [0.1, 0.15) is 0 Å². The van der Waals surface area contributed by atoms with E-state index in [0.29, 0.717) is 0 Å². The van der Waals surface area contributed by atoms with E-state index in [9.17, 15) is 0 Å². The third-order valence-electron chi connectivity index (χ3n) is 5.65. The van der Waals surface area contributed by atoms with Gasteiger partial charge in [0.25, 0.3) is 0 Å². The molecule has 2 saturated heterocycles. The van der Waals surface area contributed by atoms with Crippen molar-refractivity contribution in [1.82, 2.24) is 15.1 Å². The molecular formula is C16H31N3. The molecule has 0 aromatic heterocycles. The molecule has 2 aliphatic heterocycles. The molecule has 1 aliphatic carbocycles. The normalized spacial score (nSPS) is 38.7. The maximum Gasteiger partial charge on any atom is 0.0249 e. The topological polar surface area (TPSA) is 18.5 Å². The summed E-state index contributed by atoms with van der Waals surface area (Å²) in [5.41, 5.74) is 0. The van der Waals surface area contributed by atoms with Gasteiger partial charge in [0, 0.05) is 24.7 Å². The van der Waals surface area contributed by atoms with Crippen LogP contribution in [0.5, 0.6) is 0 Å². The summed E-state index contributed by atoms with van der Waals surface area (Å²) < 4.78 is 0. The van der Waals surface area contributed by atoms with E-state index in [1.54, 1.807) is 0 Å². The van der Waals surface area contributed by atoms with Crippen LogP contribution < -0.4 is 5.32 Å². The Morgan fingerprint density at radius 3 is 2.47 bits per heavy atom. The Balaban J connectivity index is 1.68. The van der Waals surface area contributed by atoms with Crippen molar-refractivity contribution in [2.75, 3.05) is 33.2 Å². The number of nitrogens with zero attached hydrogens (tertiary/aromatic N) is 2. The first-order valence-electron chi connectivity index (χ1n) is 8.54. The molecule has 19 heavy (non-hydrogen) atoms. The average Bonchev–Trinajstić information content (AvgIpc) is 2.66. The van der Waals surface area contributed by atoms with Crippen molar-refractivity contribution in [3.8, 4) is 0 Å². The smallest absolute Gasteiger partial charge is 0.0249 e. The zero-order chi connectivity index (χ0) is 13.1. The minimum Gasteiger partial charge on any atom is -0.315 e. The Bertz CT molecular complexity index is 281. The van der Waals surface area contributed by atoms with Crippen LogP contribution in [0.1, 0.15) is 51.4 Å². The maximum absolute atomic E-state index is 3.62.